The van der Waals surface area contributed by atoms with E-state index in [2.05, 4.69) is 22.4 Å². The lowest BCUT2D eigenvalue weighted by molar-refractivity contribution is -0.123. The van der Waals surface area contributed by atoms with Gasteiger partial charge in [-0.25, -0.2) is 4.98 Å². The molecule has 1 saturated carbocycles. The van der Waals surface area contributed by atoms with Crippen LogP contribution in [0.4, 0.5) is 5.13 Å². The maximum Gasteiger partial charge on any atom is 0.228 e. The highest BCUT2D eigenvalue weighted by Gasteiger charge is 2.39. The molecule has 0 unspecified atom stereocenters. The molecule has 0 atom stereocenters. The summed E-state index contributed by atoms with van der Waals surface area (Å²) in [4.78, 5) is 30.6. The monoisotopic (exact) mass is 355 g/mol. The molecule has 1 aromatic carbocycles. The number of carbonyl (C=O) groups is 2. The third-order valence-corrected chi connectivity index (χ3v) is 6.01. The fraction of sp³-hybridized carbons (Fsp3) is 0.421. The number of carbonyl (C=O) groups excluding carboxylic acids is 2. The average molecular weight is 355 g/mol. The summed E-state index contributed by atoms with van der Waals surface area (Å²) >= 11 is 1.44. The highest BCUT2D eigenvalue weighted by molar-refractivity contribution is 7.14. The van der Waals surface area contributed by atoms with Crippen LogP contribution >= 0.6 is 11.3 Å². The Morgan fingerprint density at radius 1 is 1.24 bits per heavy atom. The first-order chi connectivity index (χ1) is 12.2. The number of hydrogen-bond donors (Lipinski definition) is 1. The summed E-state index contributed by atoms with van der Waals surface area (Å²) in [5.74, 6) is 0.121. The molecule has 0 spiro atoms. The van der Waals surface area contributed by atoms with E-state index in [-0.39, 0.29) is 23.8 Å². The summed E-state index contributed by atoms with van der Waals surface area (Å²) in [6, 6.07) is 10.2. The Balaban J connectivity index is 1.42. The lowest BCUT2D eigenvalue weighted by Gasteiger charge is -2.43. The Kier molecular flexibility index (Phi) is 4.29. The molecule has 2 aliphatic rings. The van der Waals surface area contributed by atoms with Gasteiger partial charge in [0.2, 0.25) is 11.8 Å². The Labute approximate surface area is 151 Å². The van der Waals surface area contributed by atoms with Gasteiger partial charge in [-0.05, 0) is 31.2 Å². The van der Waals surface area contributed by atoms with E-state index in [1.54, 1.807) is 4.90 Å². The zero-order chi connectivity index (χ0) is 17.3. The second kappa shape index (κ2) is 6.59. The quantitative estimate of drug-likeness (QED) is 0.897. The Morgan fingerprint density at radius 2 is 2.04 bits per heavy atom. The standard InChI is InChI=1S/C19H21N3O2S/c23-16(21-19(9-5-10-19)14-6-2-1-3-7-14)12-15-13-25-18(20-15)22-11-4-8-17(22)24/h1-3,6-7,13H,4-5,8-12H2,(H,21,23). The van der Waals surface area contributed by atoms with E-state index in [0.717, 1.165) is 37.9 Å². The molecule has 1 N–H and O–H groups in total. The van der Waals surface area contributed by atoms with Gasteiger partial charge in [0.05, 0.1) is 17.7 Å². The summed E-state index contributed by atoms with van der Waals surface area (Å²) < 4.78 is 0. The molecule has 4 rings (SSSR count). The minimum atomic E-state index is -0.220. The van der Waals surface area contributed by atoms with E-state index in [0.29, 0.717) is 11.6 Å². The van der Waals surface area contributed by atoms with Crippen LogP contribution in [-0.2, 0) is 21.5 Å². The molecule has 2 aromatic rings. The number of nitrogens with one attached hydrogen (secondary N) is 1. The number of nitrogens with zero attached hydrogens (tertiary/aromatic N) is 2. The van der Waals surface area contributed by atoms with Crippen LogP contribution in [0.25, 0.3) is 0 Å². The number of amides is 2. The average Bonchev–Trinajstić information content (AvgIpc) is 3.20. The van der Waals surface area contributed by atoms with Gasteiger partial charge in [-0.3, -0.25) is 14.5 Å². The largest absolute Gasteiger partial charge is 0.346 e. The van der Waals surface area contributed by atoms with Gasteiger partial charge in [-0.15, -0.1) is 11.3 Å². The topological polar surface area (TPSA) is 62.3 Å². The summed E-state index contributed by atoms with van der Waals surface area (Å²) in [7, 11) is 0. The minimum Gasteiger partial charge on any atom is -0.346 e. The first kappa shape index (κ1) is 16.3. The van der Waals surface area contributed by atoms with Gasteiger partial charge < -0.3 is 5.32 Å². The van der Waals surface area contributed by atoms with Crippen molar-refractivity contribution in [3.63, 3.8) is 0 Å². The summed E-state index contributed by atoms with van der Waals surface area (Å²) in [5, 5.41) is 5.83. The van der Waals surface area contributed by atoms with Gasteiger partial charge in [-0.1, -0.05) is 30.3 Å². The summed E-state index contributed by atoms with van der Waals surface area (Å²) in [6.07, 6.45) is 4.82. The van der Waals surface area contributed by atoms with Crippen molar-refractivity contribution in [2.45, 2.75) is 44.1 Å². The Bertz CT molecular complexity index is 783. The van der Waals surface area contributed by atoms with Crippen LogP contribution in [0, 0.1) is 0 Å². The zero-order valence-corrected chi connectivity index (χ0v) is 14.8. The predicted molar refractivity (Wildman–Crippen MR) is 97.5 cm³/mol. The molecule has 1 aromatic heterocycles. The molecule has 1 saturated heterocycles. The molecule has 6 heteroatoms. The molecule has 130 valence electrons. The lowest BCUT2D eigenvalue weighted by Crippen LogP contribution is -2.51. The second-order valence-electron chi connectivity index (χ2n) is 6.80. The fourth-order valence-electron chi connectivity index (χ4n) is 3.60. The molecular formula is C19H21N3O2S. The van der Waals surface area contributed by atoms with Crippen LogP contribution < -0.4 is 10.2 Å². The molecule has 1 aliphatic heterocycles. The second-order valence-corrected chi connectivity index (χ2v) is 7.63. The van der Waals surface area contributed by atoms with E-state index in [1.165, 1.54) is 16.9 Å². The molecule has 0 bridgehead atoms. The number of rotatable bonds is 5. The number of hydrogen-bond acceptors (Lipinski definition) is 4. The number of thiazole rings is 1. The van der Waals surface area contributed by atoms with Crippen LogP contribution in [0.3, 0.4) is 0 Å². The van der Waals surface area contributed by atoms with Gasteiger partial charge in [-0.2, -0.15) is 0 Å². The van der Waals surface area contributed by atoms with Gasteiger partial charge >= 0.3 is 0 Å². The zero-order valence-electron chi connectivity index (χ0n) is 14.0. The molecule has 2 heterocycles. The highest BCUT2D eigenvalue weighted by atomic mass is 32.1. The van der Waals surface area contributed by atoms with Crippen molar-refractivity contribution in [2.24, 2.45) is 0 Å². The van der Waals surface area contributed by atoms with Crippen molar-refractivity contribution in [1.29, 1.82) is 0 Å². The molecule has 0 radical (unpaired) electrons. The van der Waals surface area contributed by atoms with Gasteiger partial charge in [0.1, 0.15) is 0 Å². The Morgan fingerprint density at radius 3 is 2.68 bits per heavy atom. The van der Waals surface area contributed by atoms with Crippen molar-refractivity contribution >= 4 is 28.3 Å². The number of anilines is 1. The smallest absolute Gasteiger partial charge is 0.228 e. The molecule has 5 nitrogen and oxygen atoms in total. The normalized spacial score (nSPS) is 18.9. The number of benzene rings is 1. The molecule has 2 amide bonds. The van der Waals surface area contributed by atoms with E-state index < -0.39 is 0 Å². The minimum absolute atomic E-state index is 0.00634. The maximum absolute atomic E-state index is 12.6. The van der Waals surface area contributed by atoms with Crippen molar-refractivity contribution in [3.05, 3.63) is 47.0 Å². The predicted octanol–water partition coefficient (Wildman–Crippen LogP) is 3.01. The van der Waals surface area contributed by atoms with Crippen LogP contribution in [-0.4, -0.2) is 23.3 Å². The Hall–Kier alpha value is -2.21. The van der Waals surface area contributed by atoms with Crippen LogP contribution in [0.5, 0.6) is 0 Å². The van der Waals surface area contributed by atoms with Gasteiger partial charge in [0, 0.05) is 18.3 Å². The van der Waals surface area contributed by atoms with E-state index >= 15 is 0 Å². The van der Waals surface area contributed by atoms with Gasteiger partial charge in [0.15, 0.2) is 5.13 Å². The van der Waals surface area contributed by atoms with Crippen LogP contribution in [0.15, 0.2) is 35.7 Å². The lowest BCUT2D eigenvalue weighted by atomic mass is 9.71. The summed E-state index contributed by atoms with van der Waals surface area (Å²) in [5.41, 5.74) is 1.69. The third kappa shape index (κ3) is 3.18. The van der Waals surface area contributed by atoms with Crippen LogP contribution in [0.1, 0.15) is 43.4 Å². The molecular weight excluding hydrogens is 334 g/mol. The van der Waals surface area contributed by atoms with Crippen LogP contribution in [0.2, 0.25) is 0 Å². The van der Waals surface area contributed by atoms with Crippen molar-refractivity contribution < 1.29 is 9.59 Å². The SMILES string of the molecule is O=C(Cc1csc(N2CCCC2=O)n1)NC1(c2ccccc2)CCC1. The first-order valence-corrected chi connectivity index (χ1v) is 9.66. The highest BCUT2D eigenvalue weighted by Crippen LogP contribution is 2.41. The third-order valence-electron chi connectivity index (χ3n) is 5.10. The molecule has 2 fully saturated rings. The molecule has 1 aliphatic carbocycles. The molecule has 25 heavy (non-hydrogen) atoms. The fourth-order valence-corrected chi connectivity index (χ4v) is 4.47. The first-order valence-electron chi connectivity index (χ1n) is 8.78. The van der Waals surface area contributed by atoms with Crippen molar-refractivity contribution in [2.75, 3.05) is 11.4 Å². The van der Waals surface area contributed by atoms with Crippen molar-refractivity contribution in [1.82, 2.24) is 10.3 Å². The van der Waals surface area contributed by atoms with Gasteiger partial charge in [0.25, 0.3) is 0 Å². The maximum atomic E-state index is 12.6. The van der Waals surface area contributed by atoms with Crippen molar-refractivity contribution in [3.8, 4) is 0 Å². The number of aromatic nitrogens is 1. The van der Waals surface area contributed by atoms with E-state index in [4.69, 9.17) is 0 Å². The van der Waals surface area contributed by atoms with E-state index in [1.807, 2.05) is 23.6 Å². The van der Waals surface area contributed by atoms with E-state index in [9.17, 15) is 9.59 Å². The summed E-state index contributed by atoms with van der Waals surface area (Å²) in [6.45, 7) is 0.731.